The van der Waals surface area contributed by atoms with Gasteiger partial charge < -0.3 is 19.1 Å². The minimum atomic E-state index is -0.114. The zero-order valence-corrected chi connectivity index (χ0v) is 18.1. The Morgan fingerprint density at radius 1 is 1.07 bits per heavy atom. The van der Waals surface area contributed by atoms with Crippen molar-refractivity contribution in [2.24, 2.45) is 0 Å². The SMILES string of the molecule is CCOc1ccc(C(=O)N(CCOC)Cc2cc3cc(OC)ccc3nc2Cl)cc1. The molecule has 2 aromatic carbocycles. The largest absolute Gasteiger partial charge is 0.497 e. The zero-order valence-electron chi connectivity index (χ0n) is 17.4. The van der Waals surface area contributed by atoms with E-state index in [9.17, 15) is 4.79 Å². The number of halogens is 1. The molecule has 0 bridgehead atoms. The average molecular weight is 429 g/mol. The van der Waals surface area contributed by atoms with E-state index in [1.165, 1.54) is 0 Å². The maximum absolute atomic E-state index is 13.1. The number of ether oxygens (including phenoxy) is 3. The molecule has 30 heavy (non-hydrogen) atoms. The Morgan fingerprint density at radius 2 is 1.80 bits per heavy atom. The van der Waals surface area contributed by atoms with E-state index in [-0.39, 0.29) is 5.91 Å². The number of hydrogen-bond donors (Lipinski definition) is 0. The predicted octanol–water partition coefficient (Wildman–Crippen LogP) is 4.58. The van der Waals surface area contributed by atoms with E-state index in [1.54, 1.807) is 43.4 Å². The molecule has 0 N–H and O–H groups in total. The van der Waals surface area contributed by atoms with Gasteiger partial charge in [-0.2, -0.15) is 0 Å². The van der Waals surface area contributed by atoms with Crippen LogP contribution in [0.2, 0.25) is 5.15 Å². The van der Waals surface area contributed by atoms with Crippen LogP contribution in [-0.2, 0) is 11.3 Å². The summed E-state index contributed by atoms with van der Waals surface area (Å²) >= 11 is 6.43. The van der Waals surface area contributed by atoms with E-state index in [0.29, 0.717) is 37.0 Å². The number of carbonyl (C=O) groups excluding carboxylic acids is 1. The Labute approximate surface area is 181 Å². The molecule has 3 aromatic rings. The summed E-state index contributed by atoms with van der Waals surface area (Å²) < 4.78 is 16.0. The van der Waals surface area contributed by atoms with Crippen LogP contribution < -0.4 is 9.47 Å². The molecule has 3 rings (SSSR count). The van der Waals surface area contributed by atoms with Crippen LogP contribution in [0, 0.1) is 0 Å². The Hall–Kier alpha value is -2.83. The summed E-state index contributed by atoms with van der Waals surface area (Å²) in [6.45, 7) is 3.65. The molecule has 0 aliphatic carbocycles. The molecular weight excluding hydrogens is 404 g/mol. The topological polar surface area (TPSA) is 60.9 Å². The number of fused-ring (bicyclic) bond motifs is 1. The van der Waals surface area contributed by atoms with Crippen molar-refractivity contribution in [1.29, 1.82) is 0 Å². The third kappa shape index (κ3) is 5.20. The lowest BCUT2D eigenvalue weighted by molar-refractivity contribution is 0.0680. The molecule has 0 spiro atoms. The maximum Gasteiger partial charge on any atom is 0.254 e. The Kier molecular flexibility index (Phi) is 7.49. The summed E-state index contributed by atoms with van der Waals surface area (Å²) in [5.41, 5.74) is 2.10. The summed E-state index contributed by atoms with van der Waals surface area (Å²) in [5, 5.41) is 1.27. The number of methoxy groups -OCH3 is 2. The molecule has 0 aliphatic heterocycles. The van der Waals surface area contributed by atoms with Crippen LogP contribution >= 0.6 is 11.6 Å². The van der Waals surface area contributed by atoms with E-state index < -0.39 is 0 Å². The number of pyridine rings is 1. The molecule has 1 heterocycles. The summed E-state index contributed by atoms with van der Waals surface area (Å²) in [7, 11) is 3.23. The summed E-state index contributed by atoms with van der Waals surface area (Å²) in [5.74, 6) is 1.35. The van der Waals surface area contributed by atoms with Gasteiger partial charge in [-0.3, -0.25) is 4.79 Å². The van der Waals surface area contributed by atoms with Gasteiger partial charge in [-0.1, -0.05) is 11.6 Å². The lowest BCUT2D eigenvalue weighted by Crippen LogP contribution is -2.33. The van der Waals surface area contributed by atoms with Crippen molar-refractivity contribution in [3.8, 4) is 11.5 Å². The highest BCUT2D eigenvalue weighted by atomic mass is 35.5. The second kappa shape index (κ2) is 10.3. The van der Waals surface area contributed by atoms with Crippen LogP contribution in [0.15, 0.2) is 48.5 Å². The number of carbonyl (C=O) groups is 1. The van der Waals surface area contributed by atoms with Crippen molar-refractivity contribution in [3.05, 3.63) is 64.8 Å². The van der Waals surface area contributed by atoms with E-state index in [0.717, 1.165) is 28.0 Å². The van der Waals surface area contributed by atoms with Crippen molar-refractivity contribution >= 4 is 28.4 Å². The highest BCUT2D eigenvalue weighted by molar-refractivity contribution is 6.30. The average Bonchev–Trinajstić information content (AvgIpc) is 2.77. The first kappa shape index (κ1) is 21.9. The van der Waals surface area contributed by atoms with E-state index in [1.807, 2.05) is 31.2 Å². The monoisotopic (exact) mass is 428 g/mol. The Bertz CT molecular complexity index is 1010. The molecule has 6 nitrogen and oxygen atoms in total. The van der Waals surface area contributed by atoms with Crippen molar-refractivity contribution < 1.29 is 19.0 Å². The van der Waals surface area contributed by atoms with Crippen molar-refractivity contribution in [3.63, 3.8) is 0 Å². The van der Waals surface area contributed by atoms with Gasteiger partial charge in [-0.25, -0.2) is 4.98 Å². The quantitative estimate of drug-likeness (QED) is 0.467. The highest BCUT2D eigenvalue weighted by Gasteiger charge is 2.18. The number of amides is 1. The molecular formula is C23H25ClN2O4. The van der Waals surface area contributed by atoms with Gasteiger partial charge in [0, 0.05) is 36.7 Å². The van der Waals surface area contributed by atoms with Gasteiger partial charge in [0.25, 0.3) is 5.91 Å². The summed E-state index contributed by atoms with van der Waals surface area (Å²) in [6, 6.07) is 14.7. The molecule has 158 valence electrons. The van der Waals surface area contributed by atoms with Crippen molar-refractivity contribution in [2.75, 3.05) is 34.0 Å². The summed E-state index contributed by atoms with van der Waals surface area (Å²) in [6.07, 6.45) is 0. The van der Waals surface area contributed by atoms with Crippen LogP contribution in [-0.4, -0.2) is 49.8 Å². The normalized spacial score (nSPS) is 10.8. The molecule has 0 saturated carbocycles. The summed E-state index contributed by atoms with van der Waals surface area (Å²) in [4.78, 5) is 19.3. The molecule has 1 amide bonds. The molecule has 0 aliphatic rings. The standard InChI is InChI=1S/C23H25ClN2O4/c1-4-30-19-7-5-16(6-8-19)23(27)26(11-12-28-2)15-18-13-17-14-20(29-3)9-10-21(17)25-22(18)24/h5-10,13-14H,4,11-12,15H2,1-3H3. The number of aromatic nitrogens is 1. The maximum atomic E-state index is 13.1. The first-order chi connectivity index (χ1) is 14.5. The van der Waals surface area contributed by atoms with Crippen LogP contribution in [0.1, 0.15) is 22.8 Å². The molecule has 0 unspecified atom stereocenters. The first-order valence-electron chi connectivity index (χ1n) is 9.70. The molecule has 0 saturated heterocycles. The van der Waals surface area contributed by atoms with Crippen molar-refractivity contribution in [2.45, 2.75) is 13.5 Å². The fourth-order valence-corrected chi connectivity index (χ4v) is 3.32. The van der Waals surface area contributed by atoms with E-state index in [4.69, 9.17) is 25.8 Å². The lowest BCUT2D eigenvalue weighted by Gasteiger charge is -2.23. The lowest BCUT2D eigenvalue weighted by atomic mass is 10.1. The molecule has 1 aromatic heterocycles. The minimum Gasteiger partial charge on any atom is -0.497 e. The fourth-order valence-electron chi connectivity index (χ4n) is 3.12. The van der Waals surface area contributed by atoms with Gasteiger partial charge in [0.05, 0.1) is 25.8 Å². The van der Waals surface area contributed by atoms with E-state index >= 15 is 0 Å². The van der Waals surface area contributed by atoms with Crippen LogP contribution in [0.4, 0.5) is 0 Å². The van der Waals surface area contributed by atoms with Gasteiger partial charge in [0.2, 0.25) is 0 Å². The van der Waals surface area contributed by atoms with Crippen LogP contribution in [0.25, 0.3) is 10.9 Å². The molecule has 0 radical (unpaired) electrons. The van der Waals surface area contributed by atoms with Crippen LogP contribution in [0.5, 0.6) is 11.5 Å². The Morgan fingerprint density at radius 3 is 2.47 bits per heavy atom. The number of benzene rings is 2. The number of hydrogen-bond acceptors (Lipinski definition) is 5. The fraction of sp³-hybridized carbons (Fsp3) is 0.304. The minimum absolute atomic E-state index is 0.114. The van der Waals surface area contributed by atoms with Crippen molar-refractivity contribution in [1.82, 2.24) is 9.88 Å². The highest BCUT2D eigenvalue weighted by Crippen LogP contribution is 2.26. The molecule has 7 heteroatoms. The second-order valence-corrected chi connectivity index (χ2v) is 7.03. The van der Waals surface area contributed by atoms with Gasteiger partial charge in [0.1, 0.15) is 16.7 Å². The number of nitrogens with zero attached hydrogens (tertiary/aromatic N) is 2. The van der Waals surface area contributed by atoms with Gasteiger partial charge in [-0.15, -0.1) is 0 Å². The third-order valence-corrected chi connectivity index (χ3v) is 5.00. The van der Waals surface area contributed by atoms with E-state index in [2.05, 4.69) is 4.98 Å². The number of rotatable bonds is 9. The zero-order chi connectivity index (χ0) is 21.5. The Balaban J connectivity index is 1.88. The second-order valence-electron chi connectivity index (χ2n) is 6.67. The molecule has 0 fully saturated rings. The van der Waals surface area contributed by atoms with Crippen LogP contribution in [0.3, 0.4) is 0 Å². The van der Waals surface area contributed by atoms with Gasteiger partial charge >= 0.3 is 0 Å². The van der Waals surface area contributed by atoms with Gasteiger partial charge in [-0.05, 0) is 55.5 Å². The third-order valence-electron chi connectivity index (χ3n) is 4.67. The van der Waals surface area contributed by atoms with Gasteiger partial charge in [0.15, 0.2) is 0 Å². The first-order valence-corrected chi connectivity index (χ1v) is 10.1. The molecule has 0 atom stereocenters. The predicted molar refractivity (Wildman–Crippen MR) is 118 cm³/mol. The smallest absolute Gasteiger partial charge is 0.254 e.